The summed E-state index contributed by atoms with van der Waals surface area (Å²) in [5.74, 6) is -0.281. The number of carbonyl (C=O) groups excluding carboxylic acids is 3. The third-order valence-corrected chi connectivity index (χ3v) is 18.8. The molecule has 4 aliphatic carbocycles. The van der Waals surface area contributed by atoms with Crippen molar-refractivity contribution in [3.05, 3.63) is 11.6 Å². The first-order chi connectivity index (χ1) is 34.9. The van der Waals surface area contributed by atoms with Crippen molar-refractivity contribution in [2.24, 2.45) is 46.3 Å². The Kier molecular flexibility index (Phi) is 25.1. The van der Waals surface area contributed by atoms with Gasteiger partial charge in [-0.1, -0.05) is 40.2 Å². The molecular weight excluding hydrogens is 967 g/mol. The maximum Gasteiger partial charge on any atom is 0.309 e. The zero-order valence-electron chi connectivity index (χ0n) is 47.8. The van der Waals surface area contributed by atoms with Gasteiger partial charge in [0.15, 0.2) is 18.4 Å². The first-order valence-corrected chi connectivity index (χ1v) is 28.5. The van der Waals surface area contributed by atoms with E-state index in [1.54, 1.807) is 20.8 Å². The van der Waals surface area contributed by atoms with Gasteiger partial charge in [0, 0.05) is 45.0 Å². The van der Waals surface area contributed by atoms with Crippen LogP contribution in [0.25, 0.3) is 0 Å². The number of ketones is 1. The van der Waals surface area contributed by atoms with Crippen molar-refractivity contribution in [1.29, 1.82) is 0 Å². The molecule has 6 fully saturated rings. The van der Waals surface area contributed by atoms with Crippen LogP contribution in [0.2, 0.25) is 0 Å². The second-order valence-corrected chi connectivity index (χ2v) is 24.3. The van der Waals surface area contributed by atoms with Crippen molar-refractivity contribution in [3.8, 4) is 0 Å². The predicted octanol–water partition coefficient (Wildman–Crippen LogP) is 4.35. The van der Waals surface area contributed by atoms with E-state index in [0.717, 1.165) is 51.4 Å². The van der Waals surface area contributed by atoms with Crippen molar-refractivity contribution in [1.82, 2.24) is 15.5 Å². The van der Waals surface area contributed by atoms with E-state index in [2.05, 4.69) is 29.4 Å². The van der Waals surface area contributed by atoms with E-state index in [1.165, 1.54) is 12.7 Å². The summed E-state index contributed by atoms with van der Waals surface area (Å²) >= 11 is 0. The normalized spacial score (nSPS) is 43.9. The van der Waals surface area contributed by atoms with Crippen LogP contribution < -0.4 is 10.6 Å². The first kappa shape index (κ1) is 65.3. The van der Waals surface area contributed by atoms with Crippen LogP contribution >= 0.6 is 0 Å². The lowest BCUT2D eigenvalue weighted by Crippen LogP contribution is -2.57. The lowest BCUT2D eigenvalue weighted by Gasteiger charge is -2.59. The highest BCUT2D eigenvalue weighted by atomic mass is 16.7. The molecule has 0 radical (unpaired) electrons. The van der Waals surface area contributed by atoms with E-state index in [1.807, 2.05) is 47.9 Å². The molecule has 0 aromatic heterocycles. The predicted molar refractivity (Wildman–Crippen MR) is 285 cm³/mol. The van der Waals surface area contributed by atoms with Crippen molar-refractivity contribution in [2.75, 3.05) is 40.8 Å². The van der Waals surface area contributed by atoms with Gasteiger partial charge in [0.05, 0.1) is 48.1 Å². The van der Waals surface area contributed by atoms with Gasteiger partial charge in [-0.25, -0.2) is 0 Å². The van der Waals surface area contributed by atoms with Crippen LogP contribution in [0, 0.1) is 46.3 Å². The van der Waals surface area contributed by atoms with Crippen LogP contribution in [0.5, 0.6) is 0 Å². The molecule has 18 nitrogen and oxygen atoms in total. The number of ether oxygens (including phenoxy) is 5. The fourth-order valence-corrected chi connectivity index (χ4v) is 14.5. The SMILES string of the molecule is CC[C@H]1OC(=O)[C@H](C)C[C@H](C)[C@@H](O[C@H]2CCC[C@@H](C)O2)[C@H](O)CCCN(CCCNC(=O)[C@H]2CCC3C4CCC5=CC(=O)CC[C@]5(C)C4[C@@H](O)C[C@@]32C)[C@H](C)[C@@H](O)[C@@H]1O.CNC.CO[C@@]1(C)C[C@@H](O)OC(C)[C@H]1O.O. The van der Waals surface area contributed by atoms with Crippen molar-refractivity contribution in [3.63, 3.8) is 0 Å². The van der Waals surface area contributed by atoms with Gasteiger partial charge < -0.3 is 70.4 Å². The summed E-state index contributed by atoms with van der Waals surface area (Å²) in [7, 11) is 5.27. The Bertz CT molecular complexity index is 1830. The van der Waals surface area contributed by atoms with Crippen LogP contribution in [0.3, 0.4) is 0 Å². The van der Waals surface area contributed by atoms with Gasteiger partial charge in [-0.15, -0.1) is 0 Å². The number of carbonyl (C=O) groups is 3. The van der Waals surface area contributed by atoms with Crippen molar-refractivity contribution < 1.29 is 74.2 Å². The Hall–Kier alpha value is -2.17. The molecule has 3 heterocycles. The number of hydrogen-bond donors (Lipinski definition) is 8. The Morgan fingerprint density at radius 2 is 1.56 bits per heavy atom. The number of methoxy groups -OCH3 is 1. The molecule has 3 aliphatic heterocycles. The van der Waals surface area contributed by atoms with Crippen molar-refractivity contribution in [2.45, 2.75) is 244 Å². The largest absolute Gasteiger partial charge is 0.459 e. The lowest BCUT2D eigenvalue weighted by atomic mass is 9.46. The molecule has 4 unspecified atom stereocenters. The molecule has 1 amide bonds. The summed E-state index contributed by atoms with van der Waals surface area (Å²) in [6, 6.07) is -0.502. The number of fused-ring (bicyclic) bond motifs is 5. The molecule has 10 N–H and O–H groups in total. The van der Waals surface area contributed by atoms with Crippen molar-refractivity contribution >= 4 is 17.7 Å². The van der Waals surface area contributed by atoms with E-state index < -0.39 is 84.9 Å². The number of esters is 1. The Labute approximate surface area is 449 Å². The average molecular weight is 1070 g/mol. The minimum absolute atomic E-state index is 0. The summed E-state index contributed by atoms with van der Waals surface area (Å²) < 4.78 is 28.6. The summed E-state index contributed by atoms with van der Waals surface area (Å²) in [6.45, 7) is 19.0. The number of cyclic esters (lactones) is 1. The number of allylic oxidation sites excluding steroid dienone is 1. The highest BCUT2D eigenvalue weighted by Crippen LogP contribution is 2.66. The van der Waals surface area contributed by atoms with Crippen LogP contribution in [-0.4, -0.2) is 179 Å². The van der Waals surface area contributed by atoms with Gasteiger partial charge in [-0.3, -0.25) is 19.3 Å². The fraction of sp³-hybridized carbons (Fsp3) is 0.912. The number of hydrogen-bond acceptors (Lipinski definition) is 16. The second kappa shape index (κ2) is 28.8. The van der Waals surface area contributed by atoms with Crippen LogP contribution in [0.4, 0.5) is 0 Å². The monoisotopic (exact) mass is 1070 g/mol. The van der Waals surface area contributed by atoms with E-state index in [-0.39, 0.29) is 51.9 Å². The fourth-order valence-electron chi connectivity index (χ4n) is 14.5. The van der Waals surface area contributed by atoms with Gasteiger partial charge in [-0.2, -0.15) is 0 Å². The molecule has 0 aromatic rings. The Balaban J connectivity index is 0.000000658. The van der Waals surface area contributed by atoms with E-state index in [0.29, 0.717) is 82.8 Å². The standard InChI is InChI=1S/C47H78N2O10.C8H16O4.C2H7N.H2O/c1-8-38-42(54)41(53)30(5)49(22-10-13-36(51)43(27(2)24-28(3)45(56)58-38)59-39-14-9-12-29(4)57-39)23-11-21-48-44(55)35-18-17-34-33-16-15-31-25-32(50)19-20-46(31,6)40(33)37(52)26-47(34,35)7;1-5-7(10)8(2,11-3)4-6(9)12-5;1-3-2;/h25,27-30,33-43,51-54H,8-24,26H2,1-7H3,(H,48,55);5-7,9-10H,4H2,1-3H3;3H,1-2H3;1H2/t27-,28+,29+,30+,33?,34?,35+,36+,37-,38+,39-,40?,41+,42+,43+,46-,47-;5?,6-,7+,8-;;/m00../s1. The molecule has 3 saturated carbocycles. The van der Waals surface area contributed by atoms with Gasteiger partial charge >= 0.3 is 5.97 Å². The quantitative estimate of drug-likeness (QED) is 0.118. The highest BCUT2D eigenvalue weighted by molar-refractivity contribution is 5.91. The number of amides is 1. The number of aliphatic hydroxyl groups is 6. The average Bonchev–Trinajstić information content (AvgIpc) is 3.70. The molecule has 0 spiro atoms. The molecule has 75 heavy (non-hydrogen) atoms. The smallest absolute Gasteiger partial charge is 0.309 e. The zero-order valence-corrected chi connectivity index (χ0v) is 47.8. The molecule has 0 aromatic carbocycles. The zero-order chi connectivity index (χ0) is 54.9. The molecule has 7 rings (SSSR count). The van der Waals surface area contributed by atoms with Gasteiger partial charge in [0.2, 0.25) is 5.91 Å². The summed E-state index contributed by atoms with van der Waals surface area (Å²) in [6.07, 6.45) is 5.32. The molecule has 436 valence electrons. The topological polar surface area (TPSA) is 278 Å². The van der Waals surface area contributed by atoms with Gasteiger partial charge in [0.1, 0.15) is 18.3 Å². The maximum absolute atomic E-state index is 14.0. The number of rotatable bonds is 9. The van der Waals surface area contributed by atoms with Gasteiger partial charge in [0.25, 0.3) is 0 Å². The Morgan fingerprint density at radius 1 is 0.867 bits per heavy atom. The minimum Gasteiger partial charge on any atom is -0.459 e. The Morgan fingerprint density at radius 3 is 2.21 bits per heavy atom. The number of aliphatic hydroxyl groups excluding tert-OH is 6. The second-order valence-electron chi connectivity index (χ2n) is 24.3. The molecular formula is C57H103N3O15. The molecule has 18 heteroatoms. The molecule has 7 aliphatic rings. The van der Waals surface area contributed by atoms with E-state index in [9.17, 15) is 45.0 Å². The molecule has 0 bridgehead atoms. The van der Waals surface area contributed by atoms with E-state index in [4.69, 9.17) is 23.7 Å². The number of nitrogens with zero attached hydrogens (tertiary/aromatic N) is 1. The third kappa shape index (κ3) is 15.6. The summed E-state index contributed by atoms with van der Waals surface area (Å²) in [5.41, 5.74) is 0.0607. The number of nitrogens with one attached hydrogen (secondary N) is 2. The first-order valence-electron chi connectivity index (χ1n) is 28.5. The maximum atomic E-state index is 14.0. The molecule has 21 atom stereocenters. The third-order valence-electron chi connectivity index (χ3n) is 18.8. The van der Waals surface area contributed by atoms with Crippen LogP contribution in [-0.2, 0) is 38.1 Å². The highest BCUT2D eigenvalue weighted by Gasteiger charge is 2.63. The minimum atomic E-state index is -1.29. The lowest BCUT2D eigenvalue weighted by molar-refractivity contribution is -0.263. The van der Waals surface area contributed by atoms with Crippen LogP contribution in [0.15, 0.2) is 11.6 Å². The summed E-state index contributed by atoms with van der Waals surface area (Å²) in [5, 5.41) is 71.2. The molecule has 3 saturated heterocycles. The van der Waals surface area contributed by atoms with Gasteiger partial charge in [-0.05, 0) is 179 Å². The van der Waals surface area contributed by atoms with Crippen LogP contribution in [0.1, 0.15) is 165 Å². The van der Waals surface area contributed by atoms with E-state index >= 15 is 0 Å². The summed E-state index contributed by atoms with van der Waals surface area (Å²) in [4.78, 5) is 41.8.